The molecule has 1 amide bonds. The Balaban J connectivity index is 1.95. The lowest BCUT2D eigenvalue weighted by molar-refractivity contribution is -0.123. The van der Waals surface area contributed by atoms with E-state index in [-0.39, 0.29) is 18.1 Å². The first-order chi connectivity index (χ1) is 14.2. The molecule has 1 fully saturated rings. The molecule has 1 saturated carbocycles. The summed E-state index contributed by atoms with van der Waals surface area (Å²) in [6, 6.07) is -0.0344. The van der Waals surface area contributed by atoms with Gasteiger partial charge in [0, 0.05) is 6.42 Å². The minimum absolute atomic E-state index is 0.0344. The number of unbranched alkanes of at least 4 members (excludes halogenated alkanes) is 4. The Morgan fingerprint density at radius 3 is 1.97 bits per heavy atom. The van der Waals surface area contributed by atoms with Crippen molar-refractivity contribution in [3.63, 3.8) is 0 Å². The molecular formula is C26H43NO2. The maximum Gasteiger partial charge on any atom is 0.220 e. The molecule has 0 spiro atoms. The summed E-state index contributed by atoms with van der Waals surface area (Å²) in [4.78, 5) is 11.9. The first kappa shape index (κ1) is 25.4. The van der Waals surface area contributed by atoms with Crippen LogP contribution in [0.5, 0.6) is 0 Å². The van der Waals surface area contributed by atoms with Crippen molar-refractivity contribution in [1.82, 2.24) is 5.32 Å². The number of rotatable bonds is 15. The van der Waals surface area contributed by atoms with E-state index in [0.717, 1.165) is 57.8 Å². The second-order valence-electron chi connectivity index (χ2n) is 8.01. The minimum Gasteiger partial charge on any atom is -0.391 e. The average molecular weight is 402 g/mol. The van der Waals surface area contributed by atoms with Crippen molar-refractivity contribution < 1.29 is 9.90 Å². The van der Waals surface area contributed by atoms with Gasteiger partial charge >= 0.3 is 0 Å². The van der Waals surface area contributed by atoms with E-state index in [0.29, 0.717) is 6.42 Å². The Morgan fingerprint density at radius 2 is 1.38 bits per heavy atom. The highest BCUT2D eigenvalue weighted by Gasteiger charge is 2.23. The Hall–Kier alpha value is -1.61. The first-order valence-electron chi connectivity index (χ1n) is 11.8. The average Bonchev–Trinajstić information content (AvgIpc) is 2.72. The smallest absolute Gasteiger partial charge is 0.220 e. The monoisotopic (exact) mass is 401 g/mol. The predicted octanol–water partition coefficient (Wildman–Crippen LogP) is 6.55. The van der Waals surface area contributed by atoms with Crippen LogP contribution in [-0.2, 0) is 4.79 Å². The predicted molar refractivity (Wildman–Crippen MR) is 125 cm³/mol. The van der Waals surface area contributed by atoms with Gasteiger partial charge in [-0.1, -0.05) is 81.2 Å². The second kappa shape index (κ2) is 18.4. The van der Waals surface area contributed by atoms with E-state index in [1.54, 1.807) is 0 Å². The molecule has 0 aliphatic heterocycles. The molecular weight excluding hydrogens is 358 g/mol. The van der Waals surface area contributed by atoms with Gasteiger partial charge in [0.05, 0.1) is 12.1 Å². The maximum absolute atomic E-state index is 11.9. The molecule has 1 aliphatic carbocycles. The summed E-state index contributed by atoms with van der Waals surface area (Å²) in [5.41, 5.74) is 0. The molecule has 0 heterocycles. The van der Waals surface area contributed by atoms with Crippen LogP contribution in [0, 0.1) is 0 Å². The van der Waals surface area contributed by atoms with Crippen LogP contribution in [0.1, 0.15) is 96.8 Å². The third kappa shape index (κ3) is 15.0. The van der Waals surface area contributed by atoms with Crippen LogP contribution < -0.4 is 5.32 Å². The van der Waals surface area contributed by atoms with Crippen LogP contribution in [-0.4, -0.2) is 23.2 Å². The van der Waals surface area contributed by atoms with E-state index in [9.17, 15) is 9.90 Å². The number of amides is 1. The topological polar surface area (TPSA) is 49.3 Å². The van der Waals surface area contributed by atoms with Crippen LogP contribution >= 0.6 is 0 Å². The fraction of sp³-hybridized carbons (Fsp3) is 0.654. The number of allylic oxidation sites excluding steroid dienone is 8. The van der Waals surface area contributed by atoms with Crippen molar-refractivity contribution in [1.29, 1.82) is 0 Å². The summed E-state index contributed by atoms with van der Waals surface area (Å²) < 4.78 is 0. The largest absolute Gasteiger partial charge is 0.391 e. The third-order valence-corrected chi connectivity index (χ3v) is 5.31. The lowest BCUT2D eigenvalue weighted by atomic mass is 9.92. The Labute approximate surface area is 179 Å². The molecule has 0 aromatic carbocycles. The maximum atomic E-state index is 11.9. The Bertz CT molecular complexity index is 519. The van der Waals surface area contributed by atoms with Gasteiger partial charge in [0.1, 0.15) is 0 Å². The molecule has 29 heavy (non-hydrogen) atoms. The summed E-state index contributed by atoms with van der Waals surface area (Å²) in [5.74, 6) is 0.0758. The molecule has 1 aliphatic rings. The molecule has 3 nitrogen and oxygen atoms in total. The van der Waals surface area contributed by atoms with Crippen molar-refractivity contribution in [2.45, 2.75) is 109 Å². The van der Waals surface area contributed by atoms with E-state index in [2.05, 4.69) is 60.8 Å². The Morgan fingerprint density at radius 1 is 0.828 bits per heavy atom. The van der Waals surface area contributed by atoms with Crippen molar-refractivity contribution >= 4 is 5.91 Å². The van der Waals surface area contributed by atoms with Gasteiger partial charge in [0.2, 0.25) is 5.91 Å². The zero-order valence-electron chi connectivity index (χ0n) is 18.5. The van der Waals surface area contributed by atoms with E-state index in [1.165, 1.54) is 25.7 Å². The quantitative estimate of drug-likeness (QED) is 0.241. The van der Waals surface area contributed by atoms with Gasteiger partial charge in [-0.2, -0.15) is 0 Å². The lowest BCUT2D eigenvalue weighted by Gasteiger charge is -2.28. The summed E-state index contributed by atoms with van der Waals surface area (Å²) in [6.07, 6.45) is 31.7. The fourth-order valence-electron chi connectivity index (χ4n) is 3.50. The first-order valence-corrected chi connectivity index (χ1v) is 11.8. The van der Waals surface area contributed by atoms with E-state index in [1.807, 2.05) is 0 Å². The number of hydrogen-bond donors (Lipinski definition) is 2. The number of carbonyl (C=O) groups is 1. The lowest BCUT2D eigenvalue weighted by Crippen LogP contribution is -2.44. The minimum atomic E-state index is -0.360. The van der Waals surface area contributed by atoms with Crippen LogP contribution in [0.15, 0.2) is 48.6 Å². The van der Waals surface area contributed by atoms with E-state index < -0.39 is 0 Å². The molecule has 2 N–H and O–H groups in total. The fourth-order valence-corrected chi connectivity index (χ4v) is 3.50. The number of carbonyl (C=O) groups excluding carboxylic acids is 1. The van der Waals surface area contributed by atoms with E-state index in [4.69, 9.17) is 0 Å². The van der Waals surface area contributed by atoms with Crippen LogP contribution in [0.25, 0.3) is 0 Å². The van der Waals surface area contributed by atoms with Gasteiger partial charge in [0.15, 0.2) is 0 Å². The van der Waals surface area contributed by atoms with Gasteiger partial charge in [-0.05, 0) is 57.8 Å². The SMILES string of the molecule is CCCCC/C=C\C/C=C\C/C=C\C/C=C\CCCC(=O)N[C@H]1CCCC[C@@H]1O. The highest BCUT2D eigenvalue weighted by Crippen LogP contribution is 2.18. The summed E-state index contributed by atoms with van der Waals surface area (Å²) in [7, 11) is 0. The molecule has 1 rings (SSSR count). The number of aliphatic hydroxyl groups excluding tert-OH is 1. The number of nitrogens with one attached hydrogen (secondary N) is 1. The van der Waals surface area contributed by atoms with Crippen molar-refractivity contribution in [3.8, 4) is 0 Å². The zero-order valence-corrected chi connectivity index (χ0v) is 18.5. The van der Waals surface area contributed by atoms with Crippen LogP contribution in [0.2, 0.25) is 0 Å². The molecule has 0 aromatic heterocycles. The van der Waals surface area contributed by atoms with Crippen molar-refractivity contribution in [2.24, 2.45) is 0 Å². The molecule has 3 heteroatoms. The molecule has 0 aromatic rings. The third-order valence-electron chi connectivity index (χ3n) is 5.31. The molecule has 164 valence electrons. The zero-order chi connectivity index (χ0) is 21.0. The van der Waals surface area contributed by atoms with Crippen LogP contribution in [0.3, 0.4) is 0 Å². The highest BCUT2D eigenvalue weighted by molar-refractivity contribution is 5.76. The molecule has 0 bridgehead atoms. The summed E-state index contributed by atoms with van der Waals surface area (Å²) in [6.45, 7) is 2.24. The van der Waals surface area contributed by atoms with Gasteiger partial charge in [-0.25, -0.2) is 0 Å². The standard InChI is InChI=1S/C26H43NO2/c1-2-3-4-5-6-7-8-9-10-11-12-13-14-15-16-17-18-23-26(29)27-24-21-19-20-22-25(24)28/h6-7,9-10,12-13,15-16,24-25,28H,2-5,8,11,14,17-23H2,1H3,(H,27,29)/b7-6-,10-9-,13-12-,16-15-/t24-,25-/m0/s1. The highest BCUT2D eigenvalue weighted by atomic mass is 16.3. The van der Waals surface area contributed by atoms with E-state index >= 15 is 0 Å². The Kier molecular flexibility index (Phi) is 16.2. The molecule has 0 radical (unpaired) electrons. The number of aliphatic hydroxyl groups is 1. The second-order valence-corrected chi connectivity index (χ2v) is 8.01. The van der Waals surface area contributed by atoms with Crippen molar-refractivity contribution in [3.05, 3.63) is 48.6 Å². The van der Waals surface area contributed by atoms with Gasteiger partial charge in [0.25, 0.3) is 0 Å². The van der Waals surface area contributed by atoms with Gasteiger partial charge in [-0.15, -0.1) is 0 Å². The molecule has 2 atom stereocenters. The van der Waals surface area contributed by atoms with Gasteiger partial charge in [-0.3, -0.25) is 4.79 Å². The molecule has 0 unspecified atom stereocenters. The summed E-state index contributed by atoms with van der Waals surface area (Å²) >= 11 is 0. The molecule has 0 saturated heterocycles. The van der Waals surface area contributed by atoms with Crippen LogP contribution in [0.4, 0.5) is 0 Å². The van der Waals surface area contributed by atoms with Gasteiger partial charge < -0.3 is 10.4 Å². The number of hydrogen-bond acceptors (Lipinski definition) is 2. The van der Waals surface area contributed by atoms with Crippen molar-refractivity contribution in [2.75, 3.05) is 0 Å². The summed E-state index contributed by atoms with van der Waals surface area (Å²) in [5, 5.41) is 12.9. The normalized spacial score (nSPS) is 20.5.